The highest BCUT2D eigenvalue weighted by molar-refractivity contribution is 9.10. The van der Waals surface area contributed by atoms with E-state index in [1.807, 2.05) is 0 Å². The van der Waals surface area contributed by atoms with Gasteiger partial charge in [0.15, 0.2) is 0 Å². The maximum atomic E-state index is 6.24. The molecular formula is C13H20BrNO. The standard InChI is InChI=1S/C13H20BrNO/c1-9-6-11(8-12(14)7-9)13(15)10(2)4-5-16-3/h6-8,10,13H,4-5,15H2,1-3H3. The molecule has 0 spiro atoms. The van der Waals surface area contributed by atoms with Gasteiger partial charge in [-0.2, -0.15) is 0 Å². The minimum absolute atomic E-state index is 0.0753. The number of benzene rings is 1. The molecule has 0 saturated heterocycles. The Morgan fingerprint density at radius 3 is 2.62 bits per heavy atom. The predicted molar refractivity (Wildman–Crippen MR) is 71.5 cm³/mol. The average molecular weight is 286 g/mol. The van der Waals surface area contributed by atoms with Gasteiger partial charge in [-0.15, -0.1) is 0 Å². The summed E-state index contributed by atoms with van der Waals surface area (Å²) in [6.45, 7) is 5.02. The first-order chi connectivity index (χ1) is 7.54. The van der Waals surface area contributed by atoms with E-state index in [9.17, 15) is 0 Å². The summed E-state index contributed by atoms with van der Waals surface area (Å²) < 4.78 is 6.18. The van der Waals surface area contributed by atoms with E-state index in [-0.39, 0.29) is 6.04 Å². The Labute approximate surface area is 106 Å². The number of aryl methyl sites for hydroxylation is 1. The molecule has 0 radical (unpaired) electrons. The molecule has 2 nitrogen and oxygen atoms in total. The first kappa shape index (κ1) is 13.7. The Kier molecular flexibility index (Phi) is 5.46. The lowest BCUT2D eigenvalue weighted by molar-refractivity contribution is 0.174. The van der Waals surface area contributed by atoms with Crippen molar-refractivity contribution in [3.63, 3.8) is 0 Å². The van der Waals surface area contributed by atoms with Crippen molar-refractivity contribution < 1.29 is 4.74 Å². The monoisotopic (exact) mass is 285 g/mol. The summed E-state index contributed by atoms with van der Waals surface area (Å²) in [5.41, 5.74) is 8.67. The highest BCUT2D eigenvalue weighted by Gasteiger charge is 2.15. The van der Waals surface area contributed by atoms with Gasteiger partial charge in [-0.25, -0.2) is 0 Å². The van der Waals surface area contributed by atoms with Crippen LogP contribution in [0, 0.1) is 12.8 Å². The minimum atomic E-state index is 0.0753. The van der Waals surface area contributed by atoms with Crippen LogP contribution < -0.4 is 5.73 Å². The van der Waals surface area contributed by atoms with Crippen LogP contribution >= 0.6 is 15.9 Å². The summed E-state index contributed by atoms with van der Waals surface area (Å²) in [4.78, 5) is 0. The van der Waals surface area contributed by atoms with Crippen LogP contribution in [-0.4, -0.2) is 13.7 Å². The van der Waals surface area contributed by atoms with Crippen molar-refractivity contribution in [2.75, 3.05) is 13.7 Å². The molecule has 1 aromatic rings. The fraction of sp³-hybridized carbons (Fsp3) is 0.538. The summed E-state index contributed by atoms with van der Waals surface area (Å²) in [5, 5.41) is 0. The average Bonchev–Trinajstić information content (AvgIpc) is 2.23. The third-order valence-electron chi connectivity index (χ3n) is 2.84. The van der Waals surface area contributed by atoms with Gasteiger partial charge in [0.2, 0.25) is 0 Å². The van der Waals surface area contributed by atoms with E-state index in [1.54, 1.807) is 7.11 Å². The molecular weight excluding hydrogens is 266 g/mol. The molecule has 0 saturated carbocycles. The SMILES string of the molecule is COCCC(C)C(N)c1cc(C)cc(Br)c1. The van der Waals surface area contributed by atoms with Crippen LogP contribution in [0.4, 0.5) is 0 Å². The molecule has 0 aliphatic heterocycles. The van der Waals surface area contributed by atoms with Crippen LogP contribution in [0.2, 0.25) is 0 Å². The molecule has 0 fully saturated rings. The normalized spacial score (nSPS) is 14.8. The van der Waals surface area contributed by atoms with Gasteiger partial charge in [0.1, 0.15) is 0 Å². The van der Waals surface area contributed by atoms with Crippen molar-refractivity contribution in [2.45, 2.75) is 26.3 Å². The van der Waals surface area contributed by atoms with Crippen molar-refractivity contribution in [1.29, 1.82) is 0 Å². The summed E-state index contributed by atoms with van der Waals surface area (Å²) in [5.74, 6) is 0.425. The van der Waals surface area contributed by atoms with Crippen molar-refractivity contribution in [1.82, 2.24) is 0 Å². The van der Waals surface area contributed by atoms with Crippen LogP contribution in [0.25, 0.3) is 0 Å². The quantitative estimate of drug-likeness (QED) is 0.900. The summed E-state index contributed by atoms with van der Waals surface area (Å²) >= 11 is 3.50. The third-order valence-corrected chi connectivity index (χ3v) is 3.30. The second-order valence-corrected chi connectivity index (χ2v) is 5.26. The first-order valence-corrected chi connectivity index (χ1v) is 6.35. The number of methoxy groups -OCH3 is 1. The lowest BCUT2D eigenvalue weighted by atomic mass is 9.92. The maximum absolute atomic E-state index is 6.24. The fourth-order valence-electron chi connectivity index (χ4n) is 1.77. The molecule has 2 unspecified atom stereocenters. The molecule has 1 aromatic carbocycles. The van der Waals surface area contributed by atoms with Crippen molar-refractivity contribution >= 4 is 15.9 Å². The van der Waals surface area contributed by atoms with E-state index in [0.717, 1.165) is 17.5 Å². The summed E-state index contributed by atoms with van der Waals surface area (Å²) in [6.07, 6.45) is 0.989. The lowest BCUT2D eigenvalue weighted by Crippen LogP contribution is -2.20. The topological polar surface area (TPSA) is 35.2 Å². The number of hydrogen-bond acceptors (Lipinski definition) is 2. The van der Waals surface area contributed by atoms with E-state index < -0.39 is 0 Å². The number of ether oxygens (including phenoxy) is 1. The smallest absolute Gasteiger partial charge is 0.0465 e. The second kappa shape index (κ2) is 6.38. The Bertz CT molecular complexity index is 320. The van der Waals surface area contributed by atoms with Crippen molar-refractivity contribution in [3.8, 4) is 0 Å². The van der Waals surface area contributed by atoms with Crippen LogP contribution in [0.5, 0.6) is 0 Å². The molecule has 0 heterocycles. The number of nitrogens with two attached hydrogens (primary N) is 1. The van der Waals surface area contributed by atoms with E-state index in [2.05, 4.69) is 48.0 Å². The van der Waals surface area contributed by atoms with Gasteiger partial charge in [0, 0.05) is 24.2 Å². The largest absolute Gasteiger partial charge is 0.385 e. The molecule has 0 aliphatic rings. The van der Waals surface area contributed by atoms with Gasteiger partial charge >= 0.3 is 0 Å². The molecule has 2 N–H and O–H groups in total. The van der Waals surface area contributed by atoms with E-state index >= 15 is 0 Å². The molecule has 0 amide bonds. The van der Waals surface area contributed by atoms with Gasteiger partial charge in [0.25, 0.3) is 0 Å². The second-order valence-electron chi connectivity index (χ2n) is 4.35. The number of rotatable bonds is 5. The maximum Gasteiger partial charge on any atom is 0.0465 e. The number of halogens is 1. The molecule has 90 valence electrons. The summed E-state index contributed by atoms with van der Waals surface area (Å²) in [6, 6.07) is 6.42. The van der Waals surface area contributed by atoms with Crippen molar-refractivity contribution in [3.05, 3.63) is 33.8 Å². The van der Waals surface area contributed by atoms with Crippen LogP contribution in [0.1, 0.15) is 30.5 Å². The van der Waals surface area contributed by atoms with Gasteiger partial charge in [-0.3, -0.25) is 0 Å². The molecule has 0 aliphatic carbocycles. The van der Waals surface area contributed by atoms with Gasteiger partial charge in [-0.1, -0.05) is 28.9 Å². The zero-order valence-corrected chi connectivity index (χ0v) is 11.8. The van der Waals surface area contributed by atoms with E-state index in [1.165, 1.54) is 11.1 Å². The van der Waals surface area contributed by atoms with E-state index in [0.29, 0.717) is 5.92 Å². The highest BCUT2D eigenvalue weighted by Crippen LogP contribution is 2.25. The molecule has 0 bridgehead atoms. The van der Waals surface area contributed by atoms with Gasteiger partial charge in [-0.05, 0) is 42.5 Å². The van der Waals surface area contributed by atoms with E-state index in [4.69, 9.17) is 10.5 Å². The van der Waals surface area contributed by atoms with Gasteiger partial charge in [0.05, 0.1) is 0 Å². The van der Waals surface area contributed by atoms with Gasteiger partial charge < -0.3 is 10.5 Å². The Hall–Kier alpha value is -0.380. The Morgan fingerprint density at radius 2 is 2.06 bits per heavy atom. The van der Waals surface area contributed by atoms with Crippen LogP contribution in [0.15, 0.2) is 22.7 Å². The molecule has 3 heteroatoms. The molecule has 0 aromatic heterocycles. The summed E-state index contributed by atoms with van der Waals surface area (Å²) in [7, 11) is 1.72. The van der Waals surface area contributed by atoms with Crippen LogP contribution in [-0.2, 0) is 4.74 Å². The van der Waals surface area contributed by atoms with Crippen molar-refractivity contribution in [2.24, 2.45) is 11.7 Å². The zero-order chi connectivity index (χ0) is 12.1. The molecule has 1 rings (SSSR count). The number of hydrogen-bond donors (Lipinski definition) is 1. The lowest BCUT2D eigenvalue weighted by Gasteiger charge is -2.20. The molecule has 2 atom stereocenters. The highest BCUT2D eigenvalue weighted by atomic mass is 79.9. The molecule has 16 heavy (non-hydrogen) atoms. The zero-order valence-electron chi connectivity index (χ0n) is 10.2. The Balaban J connectivity index is 2.74. The Morgan fingerprint density at radius 1 is 1.38 bits per heavy atom. The predicted octanol–water partition coefficient (Wildman–Crippen LogP) is 3.43. The minimum Gasteiger partial charge on any atom is -0.385 e. The fourth-order valence-corrected chi connectivity index (χ4v) is 2.39. The first-order valence-electron chi connectivity index (χ1n) is 5.56. The van der Waals surface area contributed by atoms with Crippen LogP contribution in [0.3, 0.4) is 0 Å². The third kappa shape index (κ3) is 3.89.